The SMILES string of the molecule is CCC(CC)C(CC)(CC)CC(=O)O. The van der Waals surface area contributed by atoms with Crippen molar-refractivity contribution in [3.05, 3.63) is 0 Å². The molecule has 0 fully saturated rings. The maximum atomic E-state index is 10.9. The fourth-order valence-corrected chi connectivity index (χ4v) is 2.68. The zero-order valence-corrected chi connectivity index (χ0v) is 9.97. The zero-order valence-electron chi connectivity index (χ0n) is 9.97. The molecule has 0 aliphatic rings. The number of carboxylic acid groups (broad SMARTS) is 1. The lowest BCUT2D eigenvalue weighted by molar-refractivity contribution is -0.141. The summed E-state index contributed by atoms with van der Waals surface area (Å²) in [6.07, 6.45) is 4.45. The zero-order chi connectivity index (χ0) is 11.2. The van der Waals surface area contributed by atoms with Gasteiger partial charge in [0.05, 0.1) is 6.42 Å². The van der Waals surface area contributed by atoms with Crippen LogP contribution >= 0.6 is 0 Å². The molecule has 0 amide bonds. The standard InChI is InChI=1S/C12H24O2/c1-5-10(6-2)12(7-3,8-4)9-11(13)14/h10H,5-9H2,1-4H3,(H,13,14). The number of carboxylic acids is 1. The largest absolute Gasteiger partial charge is 0.481 e. The van der Waals surface area contributed by atoms with Crippen LogP contribution in [0.1, 0.15) is 59.8 Å². The Morgan fingerprint density at radius 2 is 1.57 bits per heavy atom. The molecule has 2 nitrogen and oxygen atoms in total. The maximum absolute atomic E-state index is 10.9. The first-order valence-corrected chi connectivity index (χ1v) is 5.78. The van der Waals surface area contributed by atoms with Crippen LogP contribution in [-0.2, 0) is 4.79 Å². The van der Waals surface area contributed by atoms with Gasteiger partial charge in [0.2, 0.25) is 0 Å². The molecular weight excluding hydrogens is 176 g/mol. The minimum atomic E-state index is -0.652. The van der Waals surface area contributed by atoms with E-state index in [0.29, 0.717) is 12.3 Å². The molecule has 2 heteroatoms. The van der Waals surface area contributed by atoms with Crippen LogP contribution in [0.5, 0.6) is 0 Å². The quantitative estimate of drug-likeness (QED) is 0.680. The van der Waals surface area contributed by atoms with Crippen LogP contribution in [0.3, 0.4) is 0 Å². The Bertz CT molecular complexity index is 167. The molecule has 0 aliphatic heterocycles. The van der Waals surface area contributed by atoms with Crippen molar-refractivity contribution in [2.75, 3.05) is 0 Å². The van der Waals surface area contributed by atoms with Crippen LogP contribution in [0.2, 0.25) is 0 Å². The molecule has 0 unspecified atom stereocenters. The van der Waals surface area contributed by atoms with Crippen LogP contribution in [0.25, 0.3) is 0 Å². The van der Waals surface area contributed by atoms with Crippen LogP contribution < -0.4 is 0 Å². The van der Waals surface area contributed by atoms with E-state index in [4.69, 9.17) is 5.11 Å². The lowest BCUT2D eigenvalue weighted by atomic mass is 9.67. The summed E-state index contributed by atoms with van der Waals surface area (Å²) in [5, 5.41) is 8.95. The summed E-state index contributed by atoms with van der Waals surface area (Å²) in [5.41, 5.74) is 0.0231. The average molecular weight is 200 g/mol. The summed E-state index contributed by atoms with van der Waals surface area (Å²) in [6.45, 7) is 8.56. The van der Waals surface area contributed by atoms with Gasteiger partial charge >= 0.3 is 5.97 Å². The topological polar surface area (TPSA) is 37.3 Å². The van der Waals surface area contributed by atoms with Gasteiger partial charge in [0, 0.05) is 0 Å². The highest BCUT2D eigenvalue weighted by Crippen LogP contribution is 2.42. The Morgan fingerprint density at radius 3 is 1.79 bits per heavy atom. The highest BCUT2D eigenvalue weighted by molar-refractivity contribution is 5.67. The summed E-state index contributed by atoms with van der Waals surface area (Å²) in [4.78, 5) is 10.9. The van der Waals surface area contributed by atoms with Crippen LogP contribution in [0, 0.1) is 11.3 Å². The smallest absolute Gasteiger partial charge is 0.303 e. The van der Waals surface area contributed by atoms with E-state index in [1.165, 1.54) is 0 Å². The maximum Gasteiger partial charge on any atom is 0.303 e. The Morgan fingerprint density at radius 1 is 1.14 bits per heavy atom. The molecule has 0 heterocycles. The van der Waals surface area contributed by atoms with Crippen molar-refractivity contribution >= 4 is 5.97 Å². The van der Waals surface area contributed by atoms with Gasteiger partial charge in [0.25, 0.3) is 0 Å². The summed E-state index contributed by atoms with van der Waals surface area (Å²) in [7, 11) is 0. The second-order valence-corrected chi connectivity index (χ2v) is 4.15. The average Bonchev–Trinajstić information content (AvgIpc) is 2.17. The van der Waals surface area contributed by atoms with Gasteiger partial charge in [-0.3, -0.25) is 4.79 Å². The van der Waals surface area contributed by atoms with Gasteiger partial charge < -0.3 is 5.11 Å². The van der Waals surface area contributed by atoms with Crippen molar-refractivity contribution in [1.29, 1.82) is 0 Å². The Balaban J connectivity index is 4.73. The number of aliphatic carboxylic acids is 1. The molecule has 0 atom stereocenters. The van der Waals surface area contributed by atoms with Crippen molar-refractivity contribution in [1.82, 2.24) is 0 Å². The number of rotatable bonds is 7. The molecule has 0 aliphatic carbocycles. The van der Waals surface area contributed by atoms with E-state index in [2.05, 4.69) is 27.7 Å². The first-order valence-electron chi connectivity index (χ1n) is 5.78. The van der Waals surface area contributed by atoms with E-state index >= 15 is 0 Å². The van der Waals surface area contributed by atoms with Gasteiger partial charge in [-0.05, 0) is 24.2 Å². The van der Waals surface area contributed by atoms with E-state index in [-0.39, 0.29) is 5.41 Å². The Hall–Kier alpha value is -0.530. The van der Waals surface area contributed by atoms with E-state index < -0.39 is 5.97 Å². The number of hydrogen-bond donors (Lipinski definition) is 1. The summed E-state index contributed by atoms with van der Waals surface area (Å²) >= 11 is 0. The van der Waals surface area contributed by atoms with Crippen LogP contribution in [0.15, 0.2) is 0 Å². The predicted molar refractivity (Wildman–Crippen MR) is 59.3 cm³/mol. The Labute approximate surface area is 87.7 Å². The van der Waals surface area contributed by atoms with E-state index in [1.807, 2.05) is 0 Å². The van der Waals surface area contributed by atoms with Gasteiger partial charge in [-0.2, -0.15) is 0 Å². The van der Waals surface area contributed by atoms with E-state index in [1.54, 1.807) is 0 Å². The summed E-state index contributed by atoms with van der Waals surface area (Å²) in [5.74, 6) is -0.103. The normalized spacial score (nSPS) is 12.1. The highest BCUT2D eigenvalue weighted by Gasteiger charge is 2.35. The van der Waals surface area contributed by atoms with E-state index in [0.717, 1.165) is 25.7 Å². The third kappa shape index (κ3) is 3.00. The highest BCUT2D eigenvalue weighted by atomic mass is 16.4. The van der Waals surface area contributed by atoms with E-state index in [9.17, 15) is 4.79 Å². The minimum Gasteiger partial charge on any atom is -0.481 e. The fraction of sp³-hybridized carbons (Fsp3) is 0.917. The van der Waals surface area contributed by atoms with Crippen LogP contribution in [0.4, 0.5) is 0 Å². The van der Waals surface area contributed by atoms with Gasteiger partial charge in [0.15, 0.2) is 0 Å². The van der Waals surface area contributed by atoms with Gasteiger partial charge in [-0.15, -0.1) is 0 Å². The van der Waals surface area contributed by atoms with Crippen molar-refractivity contribution in [2.24, 2.45) is 11.3 Å². The van der Waals surface area contributed by atoms with Gasteiger partial charge in [0.1, 0.15) is 0 Å². The molecule has 0 saturated carbocycles. The molecule has 0 radical (unpaired) electrons. The molecule has 0 aromatic heterocycles. The summed E-state index contributed by atoms with van der Waals surface area (Å²) in [6, 6.07) is 0. The van der Waals surface area contributed by atoms with Crippen molar-refractivity contribution < 1.29 is 9.90 Å². The van der Waals surface area contributed by atoms with Crippen molar-refractivity contribution in [3.63, 3.8) is 0 Å². The molecule has 0 aromatic carbocycles. The molecule has 0 bridgehead atoms. The first kappa shape index (κ1) is 13.5. The molecule has 0 aromatic rings. The predicted octanol–water partition coefficient (Wildman–Crippen LogP) is 3.70. The second kappa shape index (κ2) is 6.05. The third-order valence-corrected chi connectivity index (χ3v) is 3.76. The van der Waals surface area contributed by atoms with Gasteiger partial charge in [-0.1, -0.05) is 40.5 Å². The lowest BCUT2D eigenvalue weighted by Crippen LogP contribution is -2.31. The lowest BCUT2D eigenvalue weighted by Gasteiger charge is -2.38. The molecule has 14 heavy (non-hydrogen) atoms. The number of hydrogen-bond acceptors (Lipinski definition) is 1. The molecule has 0 spiro atoms. The monoisotopic (exact) mass is 200 g/mol. The molecule has 84 valence electrons. The minimum absolute atomic E-state index is 0.0231. The second-order valence-electron chi connectivity index (χ2n) is 4.15. The third-order valence-electron chi connectivity index (χ3n) is 3.76. The number of carbonyl (C=O) groups is 1. The molecule has 0 rings (SSSR count). The molecule has 1 N–H and O–H groups in total. The van der Waals surface area contributed by atoms with Crippen molar-refractivity contribution in [2.45, 2.75) is 59.8 Å². The molecule has 0 saturated heterocycles. The fourth-order valence-electron chi connectivity index (χ4n) is 2.68. The van der Waals surface area contributed by atoms with Crippen LogP contribution in [-0.4, -0.2) is 11.1 Å². The molecular formula is C12H24O2. The Kier molecular flexibility index (Phi) is 5.82. The summed E-state index contributed by atoms with van der Waals surface area (Å²) < 4.78 is 0. The van der Waals surface area contributed by atoms with Gasteiger partial charge in [-0.25, -0.2) is 0 Å². The first-order chi connectivity index (χ1) is 6.56. The van der Waals surface area contributed by atoms with Crippen molar-refractivity contribution in [3.8, 4) is 0 Å².